The lowest BCUT2D eigenvalue weighted by atomic mass is 10.0. The Kier molecular flexibility index (Phi) is 9.96. The van der Waals surface area contributed by atoms with Crippen LogP contribution in [0.1, 0.15) is 31.4 Å². The predicted molar refractivity (Wildman–Crippen MR) is 130 cm³/mol. The first kappa shape index (κ1) is 23.7. The Morgan fingerprint density at radius 2 is 2.07 bits per heavy atom. The summed E-state index contributed by atoms with van der Waals surface area (Å²) in [5, 5.41) is 17.9. The molecule has 1 fully saturated rings. The summed E-state index contributed by atoms with van der Waals surface area (Å²) in [5.41, 5.74) is 1.89. The van der Waals surface area contributed by atoms with Crippen LogP contribution in [-0.4, -0.2) is 48.3 Å². The number of nitrogens with one attached hydrogen (secondary N) is 2. The Hall–Kier alpha value is -1.58. The van der Waals surface area contributed by atoms with Gasteiger partial charge in [0.25, 0.3) is 0 Å². The van der Waals surface area contributed by atoms with Gasteiger partial charge in [0.2, 0.25) is 0 Å². The third-order valence-electron chi connectivity index (χ3n) is 4.81. The maximum absolute atomic E-state index is 10.4. The van der Waals surface area contributed by atoms with Gasteiger partial charge in [0.1, 0.15) is 0 Å². The van der Waals surface area contributed by atoms with Gasteiger partial charge in [-0.25, -0.2) is 0 Å². The third-order valence-corrected chi connectivity index (χ3v) is 5.13. The molecule has 1 aromatic heterocycles. The molecule has 1 aliphatic heterocycles. The van der Waals surface area contributed by atoms with Crippen molar-refractivity contribution in [1.29, 1.82) is 0 Å². The number of hydrogen-bond acceptors (Lipinski definition) is 4. The number of halogens is 2. The first-order valence-corrected chi connectivity index (χ1v) is 10.2. The molecule has 0 aliphatic carbocycles. The Labute approximate surface area is 194 Å². The molecule has 2 aromatic rings. The van der Waals surface area contributed by atoms with Crippen LogP contribution >= 0.6 is 35.6 Å². The smallest absolute Gasteiger partial charge is 0.191 e. The van der Waals surface area contributed by atoms with Gasteiger partial charge in [-0.15, -0.1) is 24.0 Å². The average molecular weight is 530 g/mol. The molecule has 1 aromatic carbocycles. The molecule has 1 aliphatic rings. The second-order valence-electron chi connectivity index (χ2n) is 6.90. The zero-order chi connectivity index (χ0) is 19.8. The average Bonchev–Trinajstić information content (AvgIpc) is 2.73. The fourth-order valence-corrected chi connectivity index (χ4v) is 3.66. The molecule has 2 heterocycles. The van der Waals surface area contributed by atoms with E-state index in [4.69, 9.17) is 11.6 Å². The van der Waals surface area contributed by atoms with E-state index in [0.29, 0.717) is 6.54 Å². The van der Waals surface area contributed by atoms with Gasteiger partial charge < -0.3 is 20.6 Å². The van der Waals surface area contributed by atoms with E-state index in [9.17, 15) is 5.11 Å². The van der Waals surface area contributed by atoms with Gasteiger partial charge in [0.05, 0.1) is 23.4 Å². The van der Waals surface area contributed by atoms with Crippen LogP contribution in [0.5, 0.6) is 0 Å². The van der Waals surface area contributed by atoms with Crippen molar-refractivity contribution < 1.29 is 5.11 Å². The zero-order valence-electron chi connectivity index (χ0n) is 16.6. The van der Waals surface area contributed by atoms with Crippen LogP contribution < -0.4 is 15.5 Å². The van der Waals surface area contributed by atoms with Crippen molar-refractivity contribution >= 4 is 47.2 Å². The van der Waals surface area contributed by atoms with Crippen LogP contribution in [0, 0.1) is 0 Å². The summed E-state index contributed by atoms with van der Waals surface area (Å²) in [7, 11) is 0. The number of pyridine rings is 1. The summed E-state index contributed by atoms with van der Waals surface area (Å²) < 4.78 is 0. The van der Waals surface area contributed by atoms with Gasteiger partial charge in [0.15, 0.2) is 5.96 Å². The summed E-state index contributed by atoms with van der Waals surface area (Å²) in [6.45, 7) is 4.95. The monoisotopic (exact) mass is 529 g/mol. The second-order valence-corrected chi connectivity index (χ2v) is 7.30. The second kappa shape index (κ2) is 12.2. The zero-order valence-corrected chi connectivity index (χ0v) is 19.7. The largest absolute Gasteiger partial charge is 0.386 e. The summed E-state index contributed by atoms with van der Waals surface area (Å²) in [6.07, 6.45) is 4.86. The maximum atomic E-state index is 10.4. The van der Waals surface area contributed by atoms with Crippen LogP contribution in [0.4, 0.5) is 5.69 Å². The van der Waals surface area contributed by atoms with Gasteiger partial charge in [-0.3, -0.25) is 9.98 Å². The molecule has 1 saturated heterocycles. The van der Waals surface area contributed by atoms with E-state index in [1.165, 1.54) is 0 Å². The van der Waals surface area contributed by atoms with Gasteiger partial charge in [-0.05, 0) is 49.6 Å². The summed E-state index contributed by atoms with van der Waals surface area (Å²) >= 11 is 6.37. The third kappa shape index (κ3) is 7.01. The molecular formula is C21H29ClIN5O. The van der Waals surface area contributed by atoms with Crippen LogP contribution in [0.3, 0.4) is 0 Å². The van der Waals surface area contributed by atoms with Gasteiger partial charge in [-0.2, -0.15) is 0 Å². The van der Waals surface area contributed by atoms with E-state index in [-0.39, 0.29) is 30.0 Å². The number of aromatic nitrogens is 1. The minimum atomic E-state index is -0.649. The number of aliphatic hydroxyl groups excluding tert-OH is 1. The number of guanidine groups is 1. The molecule has 0 bridgehead atoms. The minimum absolute atomic E-state index is 0. The molecule has 8 heteroatoms. The molecule has 158 valence electrons. The number of aliphatic hydroxyl groups is 1. The molecule has 2 unspecified atom stereocenters. The first-order valence-electron chi connectivity index (χ1n) is 9.79. The highest BCUT2D eigenvalue weighted by Crippen LogP contribution is 2.27. The van der Waals surface area contributed by atoms with Crippen molar-refractivity contribution in [2.45, 2.75) is 31.9 Å². The van der Waals surface area contributed by atoms with Gasteiger partial charge >= 0.3 is 0 Å². The van der Waals surface area contributed by atoms with Crippen LogP contribution in [-0.2, 0) is 0 Å². The molecule has 3 rings (SSSR count). The van der Waals surface area contributed by atoms with Gasteiger partial charge in [0, 0.05) is 38.1 Å². The quantitative estimate of drug-likeness (QED) is 0.303. The Morgan fingerprint density at radius 1 is 1.31 bits per heavy atom. The van der Waals surface area contributed by atoms with E-state index in [0.717, 1.165) is 54.7 Å². The SMILES string of the molecule is CCNC(=NCC(O)c1ccncc1)NC1CCCN(c2ccccc2Cl)C1.I. The number of benzene rings is 1. The summed E-state index contributed by atoms with van der Waals surface area (Å²) in [5.74, 6) is 0.724. The lowest BCUT2D eigenvalue weighted by Gasteiger charge is -2.35. The fourth-order valence-electron chi connectivity index (χ4n) is 3.40. The van der Waals surface area contributed by atoms with Crippen LogP contribution in [0.15, 0.2) is 53.8 Å². The Morgan fingerprint density at radius 3 is 2.79 bits per heavy atom. The Bertz CT molecular complexity index is 777. The lowest BCUT2D eigenvalue weighted by molar-refractivity contribution is 0.187. The van der Waals surface area contributed by atoms with Crippen molar-refractivity contribution in [3.05, 3.63) is 59.4 Å². The molecule has 6 nitrogen and oxygen atoms in total. The van der Waals surface area contributed by atoms with E-state index >= 15 is 0 Å². The number of hydrogen-bond donors (Lipinski definition) is 3. The highest BCUT2D eigenvalue weighted by atomic mass is 127. The molecule has 0 radical (unpaired) electrons. The van der Waals surface area contributed by atoms with Crippen molar-refractivity contribution in [3.63, 3.8) is 0 Å². The predicted octanol–water partition coefficient (Wildman–Crippen LogP) is 3.61. The lowest BCUT2D eigenvalue weighted by Crippen LogP contribution is -2.51. The summed E-state index contributed by atoms with van der Waals surface area (Å²) in [4.78, 5) is 10.9. The number of para-hydroxylation sites is 1. The fraction of sp³-hybridized carbons (Fsp3) is 0.429. The molecule has 29 heavy (non-hydrogen) atoms. The number of anilines is 1. The van der Waals surface area contributed by atoms with Crippen molar-refractivity contribution in [3.8, 4) is 0 Å². The molecule has 0 amide bonds. The number of piperidine rings is 1. The van der Waals surface area contributed by atoms with E-state index in [2.05, 4.69) is 31.6 Å². The standard InChI is InChI=1S/C21H28ClN5O.HI/c1-2-24-21(25-14-20(28)16-9-11-23-12-10-16)26-17-6-5-13-27(15-17)19-8-4-3-7-18(19)22;/h3-4,7-12,17,20,28H,2,5-6,13-15H2,1H3,(H2,24,25,26);1H. The highest BCUT2D eigenvalue weighted by Gasteiger charge is 2.22. The number of rotatable bonds is 6. The molecule has 3 N–H and O–H groups in total. The first-order chi connectivity index (χ1) is 13.7. The van der Waals surface area contributed by atoms with E-state index in [1.807, 2.05) is 37.3 Å². The Balaban J connectivity index is 0.00000300. The molecule has 0 spiro atoms. The van der Waals surface area contributed by atoms with E-state index < -0.39 is 6.10 Å². The van der Waals surface area contributed by atoms with Crippen LogP contribution in [0.2, 0.25) is 5.02 Å². The normalized spacial score (nSPS) is 18.0. The maximum Gasteiger partial charge on any atom is 0.191 e. The van der Waals surface area contributed by atoms with Crippen molar-refractivity contribution in [2.24, 2.45) is 4.99 Å². The highest BCUT2D eigenvalue weighted by molar-refractivity contribution is 14.0. The van der Waals surface area contributed by atoms with Crippen LogP contribution in [0.25, 0.3) is 0 Å². The topological polar surface area (TPSA) is 72.8 Å². The summed E-state index contributed by atoms with van der Waals surface area (Å²) in [6, 6.07) is 11.8. The van der Waals surface area contributed by atoms with Gasteiger partial charge in [-0.1, -0.05) is 23.7 Å². The van der Waals surface area contributed by atoms with E-state index in [1.54, 1.807) is 12.4 Å². The van der Waals surface area contributed by atoms with Crippen molar-refractivity contribution in [1.82, 2.24) is 15.6 Å². The molecule has 2 atom stereocenters. The molecule has 0 saturated carbocycles. The van der Waals surface area contributed by atoms with Crippen molar-refractivity contribution in [2.75, 3.05) is 31.1 Å². The minimum Gasteiger partial charge on any atom is -0.386 e. The number of aliphatic imine (C=N–C) groups is 1. The number of nitrogens with zero attached hydrogens (tertiary/aromatic N) is 3. The molecular weight excluding hydrogens is 501 g/mol.